The quantitative estimate of drug-likeness (QED) is 0.485. The largest absolute Gasteiger partial charge is 0.424 e. The molecule has 0 fully saturated rings. The zero-order valence-electron chi connectivity index (χ0n) is 9.93. The summed E-state index contributed by atoms with van der Waals surface area (Å²) in [4.78, 5) is 6.45. The third-order valence-electron chi connectivity index (χ3n) is 2.82. The molecule has 0 spiro atoms. The summed E-state index contributed by atoms with van der Waals surface area (Å²) in [6, 6.07) is 3.36. The van der Waals surface area contributed by atoms with Crippen LogP contribution in [-0.2, 0) is 5.60 Å². The van der Waals surface area contributed by atoms with E-state index < -0.39 is 24.0 Å². The van der Waals surface area contributed by atoms with Gasteiger partial charge in [-0.1, -0.05) is 6.08 Å². The van der Waals surface area contributed by atoms with E-state index in [9.17, 15) is 18.3 Å². The van der Waals surface area contributed by atoms with E-state index in [1.807, 2.05) is 0 Å². The molecule has 108 valence electrons. The Bertz CT molecular complexity index is 630. The molecule has 0 amide bonds. The maximum atomic E-state index is 13.1. The highest BCUT2D eigenvalue weighted by Crippen LogP contribution is 2.41. The Morgan fingerprint density at radius 2 is 1.90 bits per heavy atom. The topological polar surface area (TPSA) is 48.9 Å². The molecule has 1 aromatic carbocycles. The van der Waals surface area contributed by atoms with E-state index in [1.54, 1.807) is 12.1 Å². The first-order chi connectivity index (χ1) is 9.19. The summed E-state index contributed by atoms with van der Waals surface area (Å²) in [5.41, 5.74) is -2.21. The summed E-state index contributed by atoms with van der Waals surface area (Å²) in [7, 11) is 0. The highest BCUT2D eigenvalue weighted by Gasteiger charge is 2.56. The molecule has 0 saturated carbocycles. The molecular formula is C12H9F3I2N2O. The Balaban J connectivity index is 2.63. The van der Waals surface area contributed by atoms with Crippen molar-refractivity contribution in [3.63, 3.8) is 0 Å². The van der Waals surface area contributed by atoms with Crippen molar-refractivity contribution in [2.45, 2.75) is 18.2 Å². The Labute approximate surface area is 139 Å². The number of benzene rings is 1. The molecule has 2 aromatic rings. The number of nitrogens with zero attached hydrogens (tertiary/aromatic N) is 1. The van der Waals surface area contributed by atoms with Gasteiger partial charge < -0.3 is 10.1 Å². The van der Waals surface area contributed by atoms with E-state index in [0.717, 1.165) is 13.2 Å². The van der Waals surface area contributed by atoms with Crippen molar-refractivity contribution >= 4 is 56.2 Å². The average Bonchev–Trinajstić information content (AvgIpc) is 2.71. The highest BCUT2D eigenvalue weighted by molar-refractivity contribution is 14.1. The summed E-state index contributed by atoms with van der Waals surface area (Å²) in [5.74, 6) is -0.516. The van der Waals surface area contributed by atoms with Gasteiger partial charge in [-0.15, -0.1) is 6.58 Å². The number of rotatable bonds is 3. The SMILES string of the molecule is C=CCC(O)(c1nc2cc(I)c(I)cc2[nH]1)C(F)(F)F. The fourth-order valence-corrected chi connectivity index (χ4v) is 2.67. The molecule has 2 N–H and O–H groups in total. The van der Waals surface area contributed by atoms with Gasteiger partial charge >= 0.3 is 6.18 Å². The van der Waals surface area contributed by atoms with Gasteiger partial charge in [0.05, 0.1) is 11.0 Å². The lowest BCUT2D eigenvalue weighted by Crippen LogP contribution is -2.42. The first-order valence-electron chi connectivity index (χ1n) is 5.44. The monoisotopic (exact) mass is 508 g/mol. The van der Waals surface area contributed by atoms with E-state index in [2.05, 4.69) is 61.7 Å². The van der Waals surface area contributed by atoms with Crippen LogP contribution in [0.4, 0.5) is 13.2 Å². The lowest BCUT2D eigenvalue weighted by atomic mass is 9.98. The molecule has 3 nitrogen and oxygen atoms in total. The maximum Gasteiger partial charge on any atom is 0.424 e. The smallest absolute Gasteiger partial charge is 0.374 e. The van der Waals surface area contributed by atoms with E-state index in [1.165, 1.54) is 0 Å². The molecule has 0 bridgehead atoms. The Hall–Kier alpha value is -0.360. The molecular weight excluding hydrogens is 499 g/mol. The van der Waals surface area contributed by atoms with Gasteiger partial charge in [0, 0.05) is 13.6 Å². The van der Waals surface area contributed by atoms with Gasteiger partial charge in [-0.25, -0.2) is 4.98 Å². The molecule has 1 aromatic heterocycles. The molecule has 1 atom stereocenters. The number of H-pyrrole nitrogens is 1. The second kappa shape index (κ2) is 5.44. The predicted octanol–water partition coefficient (Wildman–Crippen LogP) is 4.10. The predicted molar refractivity (Wildman–Crippen MR) is 86.3 cm³/mol. The van der Waals surface area contributed by atoms with Crippen molar-refractivity contribution in [2.75, 3.05) is 0 Å². The second-order valence-electron chi connectivity index (χ2n) is 4.22. The summed E-state index contributed by atoms with van der Waals surface area (Å²) >= 11 is 4.15. The van der Waals surface area contributed by atoms with Gasteiger partial charge in [0.25, 0.3) is 0 Å². The number of imidazole rings is 1. The Morgan fingerprint density at radius 3 is 2.45 bits per heavy atom. The first kappa shape index (κ1) is 16.0. The van der Waals surface area contributed by atoms with Gasteiger partial charge in [-0.05, 0) is 57.3 Å². The van der Waals surface area contributed by atoms with Crippen LogP contribution in [0.1, 0.15) is 12.2 Å². The highest BCUT2D eigenvalue weighted by atomic mass is 127. The molecule has 0 radical (unpaired) electrons. The fourth-order valence-electron chi connectivity index (χ4n) is 1.76. The summed E-state index contributed by atoms with van der Waals surface area (Å²) < 4.78 is 41.1. The molecule has 1 unspecified atom stereocenters. The number of aromatic amines is 1. The van der Waals surface area contributed by atoms with Crippen molar-refractivity contribution in [3.05, 3.63) is 37.8 Å². The lowest BCUT2D eigenvalue weighted by molar-refractivity contribution is -0.268. The van der Waals surface area contributed by atoms with Crippen molar-refractivity contribution in [2.24, 2.45) is 0 Å². The number of hydrogen-bond donors (Lipinski definition) is 2. The van der Waals surface area contributed by atoms with Gasteiger partial charge in [0.15, 0.2) is 0 Å². The molecule has 2 rings (SSSR count). The van der Waals surface area contributed by atoms with Crippen LogP contribution in [0.15, 0.2) is 24.8 Å². The van der Waals surface area contributed by atoms with Crippen molar-refractivity contribution in [1.82, 2.24) is 9.97 Å². The normalized spacial score (nSPS) is 15.3. The molecule has 0 aliphatic heterocycles. The third-order valence-corrected chi connectivity index (χ3v) is 5.64. The van der Waals surface area contributed by atoms with Crippen LogP contribution in [0.2, 0.25) is 0 Å². The number of alkyl halides is 3. The van der Waals surface area contributed by atoms with E-state index in [4.69, 9.17) is 0 Å². The molecule has 0 aliphatic carbocycles. The van der Waals surface area contributed by atoms with Crippen LogP contribution >= 0.6 is 45.2 Å². The zero-order chi connectivity index (χ0) is 15.1. The summed E-state index contributed by atoms with van der Waals surface area (Å²) in [6.45, 7) is 3.26. The molecule has 1 heterocycles. The number of aromatic nitrogens is 2. The van der Waals surface area contributed by atoms with Crippen LogP contribution in [0.3, 0.4) is 0 Å². The van der Waals surface area contributed by atoms with Crippen LogP contribution in [0, 0.1) is 7.14 Å². The van der Waals surface area contributed by atoms with Crippen molar-refractivity contribution < 1.29 is 18.3 Å². The van der Waals surface area contributed by atoms with Crippen LogP contribution in [-0.4, -0.2) is 21.3 Å². The first-order valence-corrected chi connectivity index (χ1v) is 7.60. The Morgan fingerprint density at radius 1 is 1.30 bits per heavy atom. The van der Waals surface area contributed by atoms with Crippen LogP contribution in [0.5, 0.6) is 0 Å². The van der Waals surface area contributed by atoms with Crippen molar-refractivity contribution in [3.8, 4) is 0 Å². The average molecular weight is 508 g/mol. The van der Waals surface area contributed by atoms with E-state index >= 15 is 0 Å². The number of aliphatic hydroxyl groups is 1. The number of halogens is 5. The van der Waals surface area contributed by atoms with Gasteiger partial charge in [0.1, 0.15) is 5.82 Å². The summed E-state index contributed by atoms with van der Waals surface area (Å²) in [5, 5.41) is 9.97. The zero-order valence-corrected chi connectivity index (χ0v) is 14.2. The summed E-state index contributed by atoms with van der Waals surface area (Å²) in [6.07, 6.45) is -4.48. The minimum Gasteiger partial charge on any atom is -0.374 e. The minimum absolute atomic E-state index is 0.386. The molecule has 0 saturated heterocycles. The van der Waals surface area contributed by atoms with Gasteiger partial charge in [-0.3, -0.25) is 0 Å². The van der Waals surface area contributed by atoms with Crippen molar-refractivity contribution in [1.29, 1.82) is 0 Å². The van der Waals surface area contributed by atoms with E-state index in [0.29, 0.717) is 11.0 Å². The standard InChI is InChI=1S/C12H9F3I2N2O/c1-2-3-11(20,12(13,14)15)10-18-8-4-6(16)7(17)5-9(8)19-10/h2,4-5,20H,1,3H2,(H,18,19). The van der Waals surface area contributed by atoms with Gasteiger partial charge in [-0.2, -0.15) is 13.2 Å². The molecule has 8 heteroatoms. The maximum absolute atomic E-state index is 13.1. The molecule has 20 heavy (non-hydrogen) atoms. The van der Waals surface area contributed by atoms with Gasteiger partial charge in [0.2, 0.25) is 5.60 Å². The molecule has 0 aliphatic rings. The Kier molecular flexibility index (Phi) is 4.36. The minimum atomic E-state index is -4.84. The third kappa shape index (κ3) is 2.69. The van der Waals surface area contributed by atoms with Crippen LogP contribution in [0.25, 0.3) is 11.0 Å². The number of hydrogen-bond acceptors (Lipinski definition) is 2. The number of nitrogens with one attached hydrogen (secondary N) is 1. The second-order valence-corrected chi connectivity index (χ2v) is 6.54. The van der Waals surface area contributed by atoms with Crippen LogP contribution < -0.4 is 0 Å². The fraction of sp³-hybridized carbons (Fsp3) is 0.250. The lowest BCUT2D eigenvalue weighted by Gasteiger charge is -2.27. The van der Waals surface area contributed by atoms with E-state index in [-0.39, 0.29) is 0 Å². The number of fused-ring (bicyclic) bond motifs is 1.